The molecule has 1 aromatic carbocycles. The zero-order valence-electron chi connectivity index (χ0n) is 10.4. The Balaban J connectivity index is 2.73. The third kappa shape index (κ3) is 3.90. The van der Waals surface area contributed by atoms with Gasteiger partial charge >= 0.3 is 0 Å². The Kier molecular flexibility index (Phi) is 5.96. The molecule has 1 rings (SSSR count). The number of amidine groups is 1. The van der Waals surface area contributed by atoms with Crippen LogP contribution in [0.5, 0.6) is 5.75 Å². The van der Waals surface area contributed by atoms with Crippen molar-refractivity contribution in [2.24, 2.45) is 10.9 Å². The molecule has 0 saturated heterocycles. The molecule has 0 fully saturated rings. The highest BCUT2D eigenvalue weighted by Crippen LogP contribution is 2.19. The van der Waals surface area contributed by atoms with E-state index in [4.69, 9.17) is 20.8 Å². The van der Waals surface area contributed by atoms with Gasteiger partial charge in [0.15, 0.2) is 5.84 Å². The molecule has 0 heterocycles. The van der Waals surface area contributed by atoms with Crippen molar-refractivity contribution in [1.29, 1.82) is 0 Å². The fourth-order valence-electron chi connectivity index (χ4n) is 1.55. The van der Waals surface area contributed by atoms with Crippen LogP contribution in [0.25, 0.3) is 0 Å². The summed E-state index contributed by atoms with van der Waals surface area (Å²) < 4.78 is 5.20. The van der Waals surface area contributed by atoms with E-state index in [2.05, 4.69) is 10.5 Å². The maximum Gasteiger partial charge on any atom is 0.173 e. The Morgan fingerprint density at radius 2 is 2.28 bits per heavy atom. The maximum atomic E-state index is 8.66. The lowest BCUT2D eigenvalue weighted by molar-refractivity contribution is 0.286. The molecule has 0 aliphatic carbocycles. The van der Waals surface area contributed by atoms with Crippen molar-refractivity contribution in [3.8, 4) is 5.75 Å². The van der Waals surface area contributed by atoms with E-state index in [1.165, 1.54) is 7.11 Å². The first kappa shape index (κ1) is 14.3. The summed E-state index contributed by atoms with van der Waals surface area (Å²) in [5.74, 6) is 0.582. The number of rotatable bonds is 7. The van der Waals surface area contributed by atoms with Gasteiger partial charge in [-0.05, 0) is 30.7 Å². The molecule has 1 aromatic rings. The molecule has 0 aliphatic rings. The SMILES string of the molecule is COc1cc(CNCCCO)ccc1/C(N)=N/O. The normalized spacial score (nSPS) is 11.6. The highest BCUT2D eigenvalue weighted by Gasteiger charge is 2.08. The first-order valence-electron chi connectivity index (χ1n) is 5.69. The summed E-state index contributed by atoms with van der Waals surface area (Å²) in [6.45, 7) is 1.60. The van der Waals surface area contributed by atoms with Gasteiger partial charge in [-0.2, -0.15) is 0 Å². The summed E-state index contributed by atoms with van der Waals surface area (Å²) in [5, 5.41) is 23.5. The number of ether oxygens (including phenoxy) is 1. The number of aliphatic hydroxyl groups excluding tert-OH is 1. The second-order valence-corrected chi connectivity index (χ2v) is 3.77. The van der Waals surface area contributed by atoms with E-state index in [1.54, 1.807) is 6.07 Å². The minimum Gasteiger partial charge on any atom is -0.496 e. The molecule has 5 N–H and O–H groups in total. The summed E-state index contributed by atoms with van der Waals surface area (Å²) >= 11 is 0. The van der Waals surface area contributed by atoms with Gasteiger partial charge in [0.2, 0.25) is 0 Å². The Hall–Kier alpha value is -1.79. The van der Waals surface area contributed by atoms with Gasteiger partial charge in [-0.15, -0.1) is 0 Å². The van der Waals surface area contributed by atoms with Gasteiger partial charge in [0.1, 0.15) is 5.75 Å². The Bertz CT molecular complexity index is 408. The number of oxime groups is 1. The van der Waals surface area contributed by atoms with Gasteiger partial charge in [0, 0.05) is 13.2 Å². The molecule has 0 unspecified atom stereocenters. The first-order chi connectivity index (χ1) is 8.72. The standard InChI is InChI=1S/C12H19N3O3/c1-18-11-7-9(8-14-5-2-6-16)3-4-10(11)12(13)15-17/h3-4,7,14,16-17H,2,5-6,8H2,1H3,(H2,13,15). The van der Waals surface area contributed by atoms with Gasteiger partial charge < -0.3 is 26.1 Å². The van der Waals surface area contributed by atoms with E-state index >= 15 is 0 Å². The van der Waals surface area contributed by atoms with Crippen molar-refractivity contribution in [2.45, 2.75) is 13.0 Å². The van der Waals surface area contributed by atoms with E-state index < -0.39 is 0 Å². The minimum absolute atomic E-state index is 0.0200. The number of aliphatic hydroxyl groups is 1. The number of benzene rings is 1. The third-order valence-electron chi connectivity index (χ3n) is 2.49. The van der Waals surface area contributed by atoms with Crippen LogP contribution in [0.4, 0.5) is 0 Å². The van der Waals surface area contributed by atoms with Crippen LogP contribution in [0.15, 0.2) is 23.4 Å². The van der Waals surface area contributed by atoms with Crippen LogP contribution in [0.2, 0.25) is 0 Å². The average molecular weight is 253 g/mol. The van der Waals surface area contributed by atoms with Crippen molar-refractivity contribution in [3.63, 3.8) is 0 Å². The zero-order valence-corrected chi connectivity index (χ0v) is 10.4. The predicted molar refractivity (Wildman–Crippen MR) is 68.9 cm³/mol. The van der Waals surface area contributed by atoms with E-state index in [0.717, 1.165) is 18.5 Å². The smallest absolute Gasteiger partial charge is 0.173 e. The largest absolute Gasteiger partial charge is 0.496 e. The topological polar surface area (TPSA) is 100 Å². The Morgan fingerprint density at radius 1 is 1.50 bits per heavy atom. The van der Waals surface area contributed by atoms with Crippen molar-refractivity contribution in [3.05, 3.63) is 29.3 Å². The summed E-state index contributed by atoms with van der Waals surface area (Å²) in [7, 11) is 1.53. The average Bonchev–Trinajstić information content (AvgIpc) is 2.42. The number of nitrogens with one attached hydrogen (secondary N) is 1. The fourth-order valence-corrected chi connectivity index (χ4v) is 1.55. The zero-order chi connectivity index (χ0) is 13.4. The highest BCUT2D eigenvalue weighted by molar-refractivity contribution is 5.99. The van der Waals surface area contributed by atoms with Crippen LogP contribution in [-0.4, -0.2) is 36.4 Å². The van der Waals surface area contributed by atoms with Gasteiger partial charge in [0.25, 0.3) is 0 Å². The van der Waals surface area contributed by atoms with E-state index in [-0.39, 0.29) is 12.4 Å². The number of methoxy groups -OCH3 is 1. The minimum atomic E-state index is 0.0200. The van der Waals surface area contributed by atoms with Gasteiger partial charge in [-0.25, -0.2) is 0 Å². The molecule has 0 atom stereocenters. The number of hydrogen-bond donors (Lipinski definition) is 4. The molecule has 0 spiro atoms. The van der Waals surface area contributed by atoms with Gasteiger partial charge in [0.05, 0.1) is 12.7 Å². The highest BCUT2D eigenvalue weighted by atomic mass is 16.5. The quantitative estimate of drug-likeness (QED) is 0.184. The summed E-state index contributed by atoms with van der Waals surface area (Å²) in [6, 6.07) is 5.46. The predicted octanol–water partition coefficient (Wildman–Crippen LogP) is 0.262. The number of hydrogen-bond acceptors (Lipinski definition) is 5. The van der Waals surface area contributed by atoms with Crippen LogP contribution in [0, 0.1) is 0 Å². The molecule has 0 aromatic heterocycles. The second-order valence-electron chi connectivity index (χ2n) is 3.77. The summed E-state index contributed by atoms with van der Waals surface area (Å²) in [6.07, 6.45) is 0.722. The lowest BCUT2D eigenvalue weighted by Gasteiger charge is -2.10. The van der Waals surface area contributed by atoms with E-state index in [1.807, 2.05) is 12.1 Å². The third-order valence-corrected chi connectivity index (χ3v) is 2.49. The molecule has 0 radical (unpaired) electrons. The molecule has 6 heteroatoms. The maximum absolute atomic E-state index is 8.66. The van der Waals surface area contributed by atoms with Crippen LogP contribution in [0.3, 0.4) is 0 Å². The van der Waals surface area contributed by atoms with Crippen molar-refractivity contribution in [2.75, 3.05) is 20.3 Å². The van der Waals surface area contributed by atoms with Crippen molar-refractivity contribution >= 4 is 5.84 Å². The van der Waals surface area contributed by atoms with Crippen LogP contribution in [0.1, 0.15) is 17.5 Å². The molecule has 0 amide bonds. The summed E-state index contributed by atoms with van der Waals surface area (Å²) in [4.78, 5) is 0. The van der Waals surface area contributed by atoms with E-state index in [0.29, 0.717) is 17.9 Å². The van der Waals surface area contributed by atoms with Crippen LogP contribution in [-0.2, 0) is 6.54 Å². The van der Waals surface area contributed by atoms with Crippen molar-refractivity contribution in [1.82, 2.24) is 5.32 Å². The molecular weight excluding hydrogens is 234 g/mol. The lowest BCUT2D eigenvalue weighted by atomic mass is 10.1. The number of nitrogens with zero attached hydrogens (tertiary/aromatic N) is 1. The molecular formula is C12H19N3O3. The molecule has 100 valence electrons. The van der Waals surface area contributed by atoms with Crippen LogP contribution >= 0.6 is 0 Å². The first-order valence-corrected chi connectivity index (χ1v) is 5.69. The molecule has 0 saturated carbocycles. The Labute approximate surface area is 106 Å². The number of nitrogens with two attached hydrogens (primary N) is 1. The lowest BCUT2D eigenvalue weighted by Crippen LogP contribution is -2.17. The Morgan fingerprint density at radius 3 is 2.89 bits per heavy atom. The molecule has 0 aliphatic heterocycles. The second kappa shape index (κ2) is 7.52. The summed E-state index contributed by atoms with van der Waals surface area (Å²) in [5.41, 5.74) is 7.12. The van der Waals surface area contributed by atoms with Gasteiger partial charge in [-0.3, -0.25) is 0 Å². The van der Waals surface area contributed by atoms with Crippen molar-refractivity contribution < 1.29 is 15.1 Å². The molecule has 18 heavy (non-hydrogen) atoms. The van der Waals surface area contributed by atoms with Crippen LogP contribution < -0.4 is 15.8 Å². The monoisotopic (exact) mass is 253 g/mol. The van der Waals surface area contributed by atoms with E-state index in [9.17, 15) is 0 Å². The molecule has 0 bridgehead atoms. The fraction of sp³-hybridized carbons (Fsp3) is 0.417. The molecule has 6 nitrogen and oxygen atoms in total. The van der Waals surface area contributed by atoms with Gasteiger partial charge in [-0.1, -0.05) is 11.2 Å².